The molecule has 3 nitrogen and oxygen atoms in total. The number of anilines is 1. The Morgan fingerprint density at radius 2 is 2.27 bits per heavy atom. The van der Waals surface area contributed by atoms with Gasteiger partial charge in [0.05, 0.1) is 5.69 Å². The minimum absolute atomic E-state index is 0.834. The highest BCUT2D eigenvalue weighted by Crippen LogP contribution is 2.21. The fraction of sp³-hybridized carbons (Fsp3) is 0.727. The van der Waals surface area contributed by atoms with E-state index in [-0.39, 0.29) is 0 Å². The van der Waals surface area contributed by atoms with Gasteiger partial charge in [0.25, 0.3) is 0 Å². The number of thiazole rings is 1. The predicted molar refractivity (Wildman–Crippen MR) is 65.7 cm³/mol. The lowest BCUT2D eigenvalue weighted by Gasteiger charge is -2.27. The number of hydrogen-bond donors (Lipinski definition) is 1. The zero-order valence-electron chi connectivity index (χ0n) is 9.49. The second-order valence-electron chi connectivity index (χ2n) is 4.35. The number of aryl methyl sites for hydroxylation is 1. The van der Waals surface area contributed by atoms with E-state index in [4.69, 9.17) is 0 Å². The van der Waals surface area contributed by atoms with Gasteiger partial charge >= 0.3 is 0 Å². The van der Waals surface area contributed by atoms with Crippen LogP contribution in [0.25, 0.3) is 0 Å². The topological polar surface area (TPSA) is 28.2 Å². The molecule has 84 valence electrons. The first-order chi connectivity index (χ1) is 7.25. The summed E-state index contributed by atoms with van der Waals surface area (Å²) in [5.74, 6) is 0.834. The molecule has 2 heterocycles. The van der Waals surface area contributed by atoms with E-state index >= 15 is 0 Å². The van der Waals surface area contributed by atoms with E-state index in [2.05, 4.69) is 34.6 Å². The van der Waals surface area contributed by atoms with Crippen molar-refractivity contribution in [1.82, 2.24) is 10.3 Å². The van der Waals surface area contributed by atoms with E-state index < -0.39 is 0 Å². The van der Waals surface area contributed by atoms with Crippen molar-refractivity contribution in [3.63, 3.8) is 0 Å². The molecule has 0 bridgehead atoms. The molecule has 0 radical (unpaired) electrons. The fourth-order valence-corrected chi connectivity index (χ4v) is 2.83. The van der Waals surface area contributed by atoms with Gasteiger partial charge in [-0.1, -0.05) is 0 Å². The van der Waals surface area contributed by atoms with Crippen LogP contribution in [-0.4, -0.2) is 31.7 Å². The molecular weight excluding hydrogens is 206 g/mol. The van der Waals surface area contributed by atoms with Crippen molar-refractivity contribution in [2.24, 2.45) is 5.92 Å². The molecule has 1 saturated heterocycles. The standard InChI is InChI=1S/C11H19N3S/c1-9-8-15-11(13-9)14(2)7-10-3-5-12-6-4-10/h8,10,12H,3-7H2,1-2H3. The van der Waals surface area contributed by atoms with Crippen LogP contribution in [0.5, 0.6) is 0 Å². The first-order valence-corrected chi connectivity index (χ1v) is 6.47. The highest BCUT2D eigenvalue weighted by atomic mass is 32.1. The number of rotatable bonds is 3. The molecule has 0 spiro atoms. The maximum Gasteiger partial charge on any atom is 0.185 e. The minimum Gasteiger partial charge on any atom is -0.351 e. The lowest BCUT2D eigenvalue weighted by Crippen LogP contribution is -2.34. The van der Waals surface area contributed by atoms with E-state index in [0.29, 0.717) is 0 Å². The first kappa shape index (κ1) is 10.9. The molecule has 0 aromatic carbocycles. The molecule has 1 aromatic rings. The van der Waals surface area contributed by atoms with Gasteiger partial charge in [-0.15, -0.1) is 11.3 Å². The van der Waals surface area contributed by atoms with Crippen molar-refractivity contribution >= 4 is 16.5 Å². The zero-order valence-corrected chi connectivity index (χ0v) is 10.3. The van der Waals surface area contributed by atoms with Gasteiger partial charge in [-0.05, 0) is 38.8 Å². The fourth-order valence-electron chi connectivity index (χ4n) is 2.05. The third-order valence-corrected chi connectivity index (χ3v) is 4.00. The summed E-state index contributed by atoms with van der Waals surface area (Å²) in [7, 11) is 2.15. The van der Waals surface area contributed by atoms with Gasteiger partial charge < -0.3 is 10.2 Å². The average Bonchev–Trinajstić information content (AvgIpc) is 2.66. The molecule has 0 unspecified atom stereocenters. The Bertz CT molecular complexity index is 305. The molecule has 1 aromatic heterocycles. The van der Waals surface area contributed by atoms with Crippen molar-refractivity contribution in [1.29, 1.82) is 0 Å². The van der Waals surface area contributed by atoms with Crippen molar-refractivity contribution < 1.29 is 0 Å². The van der Waals surface area contributed by atoms with Crippen molar-refractivity contribution in [3.05, 3.63) is 11.1 Å². The second-order valence-corrected chi connectivity index (χ2v) is 5.18. The molecule has 2 rings (SSSR count). The Kier molecular flexibility index (Phi) is 3.59. The van der Waals surface area contributed by atoms with Crippen LogP contribution in [0.1, 0.15) is 18.5 Å². The van der Waals surface area contributed by atoms with Gasteiger partial charge in [0.2, 0.25) is 0 Å². The molecule has 0 amide bonds. The molecule has 1 aliphatic rings. The van der Waals surface area contributed by atoms with Crippen molar-refractivity contribution in [3.8, 4) is 0 Å². The van der Waals surface area contributed by atoms with Gasteiger partial charge in [-0.2, -0.15) is 0 Å². The smallest absolute Gasteiger partial charge is 0.185 e. The average molecular weight is 225 g/mol. The lowest BCUT2D eigenvalue weighted by molar-refractivity contribution is 0.378. The quantitative estimate of drug-likeness (QED) is 0.851. The molecule has 0 saturated carbocycles. The Morgan fingerprint density at radius 1 is 1.53 bits per heavy atom. The summed E-state index contributed by atoms with van der Waals surface area (Å²) >= 11 is 1.75. The number of aromatic nitrogens is 1. The summed E-state index contributed by atoms with van der Waals surface area (Å²) in [6.07, 6.45) is 2.60. The Morgan fingerprint density at radius 3 is 2.87 bits per heavy atom. The van der Waals surface area contributed by atoms with Crippen LogP contribution < -0.4 is 10.2 Å². The van der Waals surface area contributed by atoms with Crippen molar-refractivity contribution in [2.45, 2.75) is 19.8 Å². The van der Waals surface area contributed by atoms with Crippen LogP contribution in [-0.2, 0) is 0 Å². The summed E-state index contributed by atoms with van der Waals surface area (Å²) < 4.78 is 0. The van der Waals surface area contributed by atoms with E-state index in [1.54, 1.807) is 11.3 Å². The lowest BCUT2D eigenvalue weighted by atomic mass is 9.98. The molecule has 1 fully saturated rings. The van der Waals surface area contributed by atoms with Crippen LogP contribution in [0, 0.1) is 12.8 Å². The molecule has 1 aliphatic heterocycles. The van der Waals surface area contributed by atoms with Crippen LogP contribution in [0.4, 0.5) is 5.13 Å². The van der Waals surface area contributed by atoms with Crippen LogP contribution in [0.2, 0.25) is 0 Å². The summed E-state index contributed by atoms with van der Waals surface area (Å²) in [5, 5.41) is 6.68. The largest absolute Gasteiger partial charge is 0.351 e. The Labute approximate surface area is 95.5 Å². The van der Waals surface area contributed by atoms with E-state index in [1.807, 2.05) is 0 Å². The highest BCUT2D eigenvalue weighted by Gasteiger charge is 2.16. The molecular formula is C11H19N3S. The predicted octanol–water partition coefficient (Wildman–Crippen LogP) is 1.89. The maximum atomic E-state index is 4.50. The Hall–Kier alpha value is -0.610. The summed E-state index contributed by atoms with van der Waals surface area (Å²) in [5.41, 5.74) is 1.13. The summed E-state index contributed by atoms with van der Waals surface area (Å²) in [6.45, 7) is 5.55. The number of hydrogen-bond acceptors (Lipinski definition) is 4. The molecule has 0 atom stereocenters. The van der Waals surface area contributed by atoms with E-state index in [9.17, 15) is 0 Å². The normalized spacial score (nSPS) is 18.0. The van der Waals surface area contributed by atoms with E-state index in [1.165, 1.54) is 25.9 Å². The number of nitrogens with one attached hydrogen (secondary N) is 1. The van der Waals surface area contributed by atoms with E-state index in [0.717, 1.165) is 23.3 Å². The highest BCUT2D eigenvalue weighted by molar-refractivity contribution is 7.13. The third-order valence-electron chi connectivity index (χ3n) is 2.92. The monoisotopic (exact) mass is 225 g/mol. The maximum absolute atomic E-state index is 4.50. The van der Waals surface area contributed by atoms with Crippen molar-refractivity contribution in [2.75, 3.05) is 31.6 Å². The third kappa shape index (κ3) is 2.92. The van der Waals surface area contributed by atoms with Gasteiger partial charge in [-0.3, -0.25) is 0 Å². The number of nitrogens with zero attached hydrogens (tertiary/aromatic N) is 2. The Balaban J connectivity index is 1.88. The van der Waals surface area contributed by atoms with Gasteiger partial charge in [-0.25, -0.2) is 4.98 Å². The first-order valence-electron chi connectivity index (χ1n) is 5.59. The summed E-state index contributed by atoms with van der Waals surface area (Å²) in [6, 6.07) is 0. The molecule has 1 N–H and O–H groups in total. The molecule has 15 heavy (non-hydrogen) atoms. The minimum atomic E-state index is 0.834. The zero-order chi connectivity index (χ0) is 10.7. The van der Waals surface area contributed by atoms with Gasteiger partial charge in [0.1, 0.15) is 0 Å². The second kappa shape index (κ2) is 4.94. The van der Waals surface area contributed by atoms with Crippen LogP contribution in [0.3, 0.4) is 0 Å². The summed E-state index contributed by atoms with van der Waals surface area (Å²) in [4.78, 5) is 6.80. The molecule has 4 heteroatoms. The van der Waals surface area contributed by atoms with Gasteiger partial charge in [0.15, 0.2) is 5.13 Å². The van der Waals surface area contributed by atoms with Gasteiger partial charge in [0, 0.05) is 19.0 Å². The molecule has 0 aliphatic carbocycles. The van der Waals surface area contributed by atoms with Crippen LogP contribution >= 0.6 is 11.3 Å². The number of piperidine rings is 1. The van der Waals surface area contributed by atoms with Crippen LogP contribution in [0.15, 0.2) is 5.38 Å². The SMILES string of the molecule is Cc1csc(N(C)CC2CCNCC2)n1.